The number of hydrogen-bond donors (Lipinski definition) is 2. The zero-order valence-electron chi connectivity index (χ0n) is 12.1. The van der Waals surface area contributed by atoms with Gasteiger partial charge < -0.3 is 15.3 Å². The first-order valence-corrected chi connectivity index (χ1v) is 9.52. The van der Waals surface area contributed by atoms with Crippen molar-refractivity contribution in [3.05, 3.63) is 0 Å². The first-order valence-electron chi connectivity index (χ1n) is 7.31. The second-order valence-corrected chi connectivity index (χ2v) is 7.82. The highest BCUT2D eigenvalue weighted by Gasteiger charge is 2.21. The van der Waals surface area contributed by atoms with E-state index in [1.807, 2.05) is 33.3 Å². The number of nitrogens with zero attached hydrogens (tertiary/aromatic N) is 2. The van der Waals surface area contributed by atoms with E-state index in [0.717, 1.165) is 25.3 Å². The zero-order valence-corrected chi connectivity index (χ0v) is 13.8. The summed E-state index contributed by atoms with van der Waals surface area (Å²) in [5.74, 6) is 2.68. The van der Waals surface area contributed by atoms with E-state index in [1.165, 1.54) is 11.5 Å². The second kappa shape index (κ2) is 8.75. The van der Waals surface area contributed by atoms with Crippen LogP contribution in [0.2, 0.25) is 0 Å². The van der Waals surface area contributed by atoms with Crippen LogP contribution in [0.4, 0.5) is 4.79 Å². The first-order chi connectivity index (χ1) is 10.1. The minimum absolute atomic E-state index is 0.0108. The van der Waals surface area contributed by atoms with Gasteiger partial charge in [0, 0.05) is 55.2 Å². The number of hydrogen-bond acceptors (Lipinski definition) is 5. The molecule has 2 fully saturated rings. The molecule has 1 unspecified atom stereocenters. The first kappa shape index (κ1) is 16.8. The summed E-state index contributed by atoms with van der Waals surface area (Å²) in [6.45, 7) is 3.47. The number of aliphatic carboxylic acids is 1. The Morgan fingerprint density at radius 1 is 1.19 bits per heavy atom. The molecule has 0 bridgehead atoms. The Balaban J connectivity index is 1.70. The standard InChI is InChI=1S/C13H23N3O3S2/c17-12(18)9-15-2-1-3-16(5-4-15)13(19)14-8-11-10-20-6-7-21-11/h11H,1-10H2,(H,14,19)(H,17,18). The molecule has 0 aromatic heterocycles. The molecule has 0 radical (unpaired) electrons. The molecule has 6 nitrogen and oxygen atoms in total. The maximum atomic E-state index is 12.2. The summed E-state index contributed by atoms with van der Waals surface area (Å²) >= 11 is 3.89. The van der Waals surface area contributed by atoms with E-state index in [2.05, 4.69) is 5.32 Å². The van der Waals surface area contributed by atoms with Gasteiger partial charge in [-0.1, -0.05) is 0 Å². The molecule has 2 rings (SSSR count). The van der Waals surface area contributed by atoms with Gasteiger partial charge in [-0.3, -0.25) is 9.69 Å². The van der Waals surface area contributed by atoms with Crippen molar-refractivity contribution in [1.29, 1.82) is 0 Å². The minimum Gasteiger partial charge on any atom is -0.480 e. The molecule has 0 aliphatic carbocycles. The third kappa shape index (κ3) is 5.96. The van der Waals surface area contributed by atoms with E-state index in [1.54, 1.807) is 0 Å². The Kier molecular flexibility index (Phi) is 6.98. The lowest BCUT2D eigenvalue weighted by molar-refractivity contribution is -0.138. The van der Waals surface area contributed by atoms with Gasteiger partial charge in [0.05, 0.1) is 6.54 Å². The molecule has 2 saturated heterocycles. The Labute approximate surface area is 134 Å². The average molecular weight is 333 g/mol. The third-order valence-corrected chi connectivity index (χ3v) is 6.45. The summed E-state index contributed by atoms with van der Waals surface area (Å²) in [5.41, 5.74) is 0. The lowest BCUT2D eigenvalue weighted by atomic mass is 10.4. The van der Waals surface area contributed by atoms with Crippen LogP contribution in [0.25, 0.3) is 0 Å². The Hall–Kier alpha value is -0.600. The van der Waals surface area contributed by atoms with Crippen molar-refractivity contribution in [2.75, 3.05) is 56.5 Å². The van der Waals surface area contributed by atoms with E-state index in [-0.39, 0.29) is 12.6 Å². The van der Waals surface area contributed by atoms with Crippen LogP contribution in [0.1, 0.15) is 6.42 Å². The van der Waals surface area contributed by atoms with Gasteiger partial charge in [-0.05, 0) is 6.42 Å². The molecule has 21 heavy (non-hydrogen) atoms. The van der Waals surface area contributed by atoms with E-state index in [4.69, 9.17) is 5.11 Å². The fraction of sp³-hybridized carbons (Fsp3) is 0.846. The van der Waals surface area contributed by atoms with Crippen molar-refractivity contribution in [3.63, 3.8) is 0 Å². The number of carboxylic acid groups (broad SMARTS) is 1. The number of carboxylic acids is 1. The maximum Gasteiger partial charge on any atom is 0.317 e. The van der Waals surface area contributed by atoms with E-state index < -0.39 is 5.97 Å². The van der Waals surface area contributed by atoms with Crippen molar-refractivity contribution in [1.82, 2.24) is 15.1 Å². The highest BCUT2D eigenvalue weighted by atomic mass is 32.2. The molecule has 120 valence electrons. The van der Waals surface area contributed by atoms with Gasteiger partial charge in [-0.25, -0.2) is 4.79 Å². The Morgan fingerprint density at radius 3 is 2.76 bits per heavy atom. The molecule has 2 amide bonds. The van der Waals surface area contributed by atoms with Gasteiger partial charge in [0.2, 0.25) is 0 Å². The van der Waals surface area contributed by atoms with Crippen molar-refractivity contribution >= 4 is 35.5 Å². The number of carbonyl (C=O) groups excluding carboxylic acids is 1. The fourth-order valence-electron chi connectivity index (χ4n) is 2.49. The third-order valence-electron chi connectivity index (χ3n) is 3.60. The van der Waals surface area contributed by atoms with Gasteiger partial charge in [-0.2, -0.15) is 23.5 Å². The van der Waals surface area contributed by atoms with Crippen LogP contribution in [0, 0.1) is 0 Å². The van der Waals surface area contributed by atoms with Crippen LogP contribution in [-0.4, -0.2) is 88.7 Å². The van der Waals surface area contributed by atoms with E-state index in [9.17, 15) is 9.59 Å². The highest BCUT2D eigenvalue weighted by molar-refractivity contribution is 8.06. The van der Waals surface area contributed by atoms with Gasteiger partial charge in [-0.15, -0.1) is 0 Å². The van der Waals surface area contributed by atoms with Gasteiger partial charge in [0.15, 0.2) is 0 Å². The summed E-state index contributed by atoms with van der Waals surface area (Å²) in [5, 5.41) is 12.4. The summed E-state index contributed by atoms with van der Waals surface area (Å²) in [6.07, 6.45) is 0.828. The summed E-state index contributed by atoms with van der Waals surface area (Å²) in [6, 6.07) is -0.0108. The SMILES string of the molecule is O=C(O)CN1CCCN(C(=O)NCC2CSCCS2)CC1. The lowest BCUT2D eigenvalue weighted by Gasteiger charge is -2.25. The molecule has 0 aromatic rings. The van der Waals surface area contributed by atoms with Gasteiger partial charge in [0.25, 0.3) is 0 Å². The summed E-state index contributed by atoms with van der Waals surface area (Å²) in [7, 11) is 0. The quantitative estimate of drug-likeness (QED) is 0.786. The number of amides is 2. The van der Waals surface area contributed by atoms with Crippen LogP contribution < -0.4 is 5.32 Å². The van der Waals surface area contributed by atoms with Crippen molar-refractivity contribution in [2.24, 2.45) is 0 Å². The minimum atomic E-state index is -0.806. The summed E-state index contributed by atoms with van der Waals surface area (Å²) in [4.78, 5) is 26.6. The van der Waals surface area contributed by atoms with Crippen molar-refractivity contribution < 1.29 is 14.7 Å². The van der Waals surface area contributed by atoms with Crippen LogP contribution >= 0.6 is 23.5 Å². The van der Waals surface area contributed by atoms with E-state index in [0.29, 0.717) is 24.9 Å². The molecule has 2 aliphatic rings. The lowest BCUT2D eigenvalue weighted by Crippen LogP contribution is -2.44. The monoisotopic (exact) mass is 333 g/mol. The zero-order chi connectivity index (χ0) is 15.1. The highest BCUT2D eigenvalue weighted by Crippen LogP contribution is 2.23. The van der Waals surface area contributed by atoms with Gasteiger partial charge in [0.1, 0.15) is 0 Å². The van der Waals surface area contributed by atoms with Crippen LogP contribution in [0.5, 0.6) is 0 Å². The second-order valence-electron chi connectivity index (χ2n) is 5.26. The Morgan fingerprint density at radius 2 is 2.05 bits per heavy atom. The number of nitrogens with one attached hydrogen (secondary N) is 1. The average Bonchev–Trinajstić information content (AvgIpc) is 2.71. The number of carbonyl (C=O) groups is 2. The molecule has 2 N–H and O–H groups in total. The van der Waals surface area contributed by atoms with Crippen molar-refractivity contribution in [2.45, 2.75) is 11.7 Å². The summed E-state index contributed by atoms with van der Waals surface area (Å²) < 4.78 is 0. The predicted molar refractivity (Wildman–Crippen MR) is 87.2 cm³/mol. The molecule has 1 atom stereocenters. The molecular weight excluding hydrogens is 310 g/mol. The number of rotatable bonds is 4. The maximum absolute atomic E-state index is 12.2. The molecule has 2 aliphatic heterocycles. The molecule has 0 spiro atoms. The molecule has 0 aromatic carbocycles. The molecular formula is C13H23N3O3S2. The van der Waals surface area contributed by atoms with Crippen molar-refractivity contribution in [3.8, 4) is 0 Å². The van der Waals surface area contributed by atoms with Gasteiger partial charge >= 0.3 is 12.0 Å². The predicted octanol–water partition coefficient (Wildman–Crippen LogP) is 0.637. The van der Waals surface area contributed by atoms with E-state index >= 15 is 0 Å². The molecule has 0 saturated carbocycles. The molecule has 2 heterocycles. The number of urea groups is 1. The normalized spacial score (nSPS) is 24.4. The molecule has 8 heteroatoms. The Bertz CT molecular complexity index is 365. The van der Waals surface area contributed by atoms with Crippen LogP contribution in [0.3, 0.4) is 0 Å². The number of thioether (sulfide) groups is 2. The fourth-order valence-corrected chi connectivity index (χ4v) is 5.10. The topological polar surface area (TPSA) is 72.9 Å². The van der Waals surface area contributed by atoms with Crippen LogP contribution in [-0.2, 0) is 4.79 Å². The largest absolute Gasteiger partial charge is 0.480 e. The smallest absolute Gasteiger partial charge is 0.317 e. The van der Waals surface area contributed by atoms with Crippen LogP contribution in [0.15, 0.2) is 0 Å².